The maximum Gasteiger partial charge on any atom is 0.0745 e. The molecular weight excluding hydrogens is 304 g/mol. The van der Waals surface area contributed by atoms with Gasteiger partial charge in [0, 0.05) is 17.5 Å². The molecule has 0 amide bonds. The van der Waals surface area contributed by atoms with Crippen LogP contribution < -0.4 is 5.73 Å². The molecule has 4 aromatic rings. The van der Waals surface area contributed by atoms with E-state index in [0.29, 0.717) is 6.54 Å². The summed E-state index contributed by atoms with van der Waals surface area (Å²) in [5, 5.41) is 1.19. The van der Waals surface area contributed by atoms with Crippen molar-refractivity contribution < 1.29 is 0 Å². The standard InChI is InChI=1S/C23H20N2/c1-16-22(18-7-3-2-4-8-18)20-9-5-6-10-21(20)25-23(16)19-13-11-17(15-24)12-14-19/h2-14H,15,24H2,1H3. The largest absolute Gasteiger partial charge is 0.326 e. The minimum Gasteiger partial charge on any atom is -0.326 e. The quantitative estimate of drug-likeness (QED) is 0.553. The van der Waals surface area contributed by atoms with Crippen molar-refractivity contribution >= 4 is 10.9 Å². The van der Waals surface area contributed by atoms with Gasteiger partial charge in [-0.1, -0.05) is 72.8 Å². The first-order chi connectivity index (χ1) is 12.3. The van der Waals surface area contributed by atoms with Crippen molar-refractivity contribution in [3.63, 3.8) is 0 Å². The first-order valence-corrected chi connectivity index (χ1v) is 8.52. The Kier molecular flexibility index (Phi) is 4.04. The number of rotatable bonds is 3. The van der Waals surface area contributed by atoms with Gasteiger partial charge in [0.05, 0.1) is 11.2 Å². The summed E-state index contributed by atoms with van der Waals surface area (Å²) in [6, 6.07) is 27.3. The molecule has 25 heavy (non-hydrogen) atoms. The summed E-state index contributed by atoms with van der Waals surface area (Å²) in [4.78, 5) is 4.96. The van der Waals surface area contributed by atoms with Crippen LogP contribution in [0.5, 0.6) is 0 Å². The van der Waals surface area contributed by atoms with Gasteiger partial charge in [0.2, 0.25) is 0 Å². The molecule has 0 saturated carbocycles. The molecule has 0 aliphatic heterocycles. The van der Waals surface area contributed by atoms with Crippen LogP contribution in [-0.4, -0.2) is 4.98 Å². The van der Waals surface area contributed by atoms with E-state index in [1.54, 1.807) is 0 Å². The van der Waals surface area contributed by atoms with Gasteiger partial charge >= 0.3 is 0 Å². The van der Waals surface area contributed by atoms with E-state index < -0.39 is 0 Å². The number of nitrogens with zero attached hydrogens (tertiary/aromatic N) is 1. The normalized spacial score (nSPS) is 11.0. The molecule has 0 unspecified atom stereocenters. The summed E-state index contributed by atoms with van der Waals surface area (Å²) >= 11 is 0. The van der Waals surface area contributed by atoms with E-state index in [-0.39, 0.29) is 0 Å². The SMILES string of the molecule is Cc1c(-c2ccc(CN)cc2)nc2ccccc2c1-c1ccccc1. The third-order valence-electron chi connectivity index (χ3n) is 4.66. The molecule has 1 aromatic heterocycles. The van der Waals surface area contributed by atoms with Gasteiger partial charge in [-0.2, -0.15) is 0 Å². The van der Waals surface area contributed by atoms with Gasteiger partial charge in [0.1, 0.15) is 0 Å². The second kappa shape index (κ2) is 6.50. The number of nitrogens with two attached hydrogens (primary N) is 1. The minimum atomic E-state index is 0.555. The zero-order valence-electron chi connectivity index (χ0n) is 14.2. The summed E-state index contributed by atoms with van der Waals surface area (Å²) in [6.45, 7) is 2.72. The molecule has 0 saturated heterocycles. The van der Waals surface area contributed by atoms with Crippen molar-refractivity contribution in [2.45, 2.75) is 13.5 Å². The molecule has 0 radical (unpaired) electrons. The Morgan fingerprint density at radius 1 is 0.760 bits per heavy atom. The van der Waals surface area contributed by atoms with Crippen molar-refractivity contribution in [3.05, 3.63) is 90.0 Å². The zero-order valence-corrected chi connectivity index (χ0v) is 14.2. The number of hydrogen-bond donors (Lipinski definition) is 1. The highest BCUT2D eigenvalue weighted by atomic mass is 14.7. The lowest BCUT2D eigenvalue weighted by atomic mass is 9.93. The van der Waals surface area contributed by atoms with Crippen molar-refractivity contribution in [1.29, 1.82) is 0 Å². The fourth-order valence-corrected chi connectivity index (χ4v) is 3.36. The zero-order chi connectivity index (χ0) is 17.2. The molecule has 1 heterocycles. The van der Waals surface area contributed by atoms with Crippen LogP contribution in [0, 0.1) is 6.92 Å². The van der Waals surface area contributed by atoms with E-state index in [1.807, 2.05) is 6.07 Å². The Balaban J connectivity index is 2.01. The highest BCUT2D eigenvalue weighted by Crippen LogP contribution is 2.36. The van der Waals surface area contributed by atoms with Gasteiger partial charge in [-0.3, -0.25) is 0 Å². The predicted molar refractivity (Wildman–Crippen MR) is 105 cm³/mol. The molecule has 2 heteroatoms. The fourth-order valence-electron chi connectivity index (χ4n) is 3.36. The number of fused-ring (bicyclic) bond motifs is 1. The van der Waals surface area contributed by atoms with E-state index in [4.69, 9.17) is 10.7 Å². The monoisotopic (exact) mass is 324 g/mol. The molecular formula is C23H20N2. The Hall–Kier alpha value is -2.97. The lowest BCUT2D eigenvalue weighted by Crippen LogP contribution is -1.97. The lowest BCUT2D eigenvalue weighted by molar-refractivity contribution is 1.07. The minimum absolute atomic E-state index is 0.555. The average Bonchev–Trinajstić information content (AvgIpc) is 2.68. The molecule has 0 aliphatic rings. The topological polar surface area (TPSA) is 38.9 Å². The maximum atomic E-state index is 5.73. The van der Waals surface area contributed by atoms with Gasteiger partial charge in [0.15, 0.2) is 0 Å². The van der Waals surface area contributed by atoms with Crippen molar-refractivity contribution in [2.75, 3.05) is 0 Å². The second-order valence-electron chi connectivity index (χ2n) is 6.24. The van der Waals surface area contributed by atoms with Crippen LogP contribution >= 0.6 is 0 Å². The van der Waals surface area contributed by atoms with Crippen LogP contribution in [0.3, 0.4) is 0 Å². The highest BCUT2D eigenvalue weighted by molar-refractivity contribution is 5.99. The van der Waals surface area contributed by atoms with Gasteiger partial charge in [-0.25, -0.2) is 4.98 Å². The molecule has 2 N–H and O–H groups in total. The molecule has 122 valence electrons. The van der Waals surface area contributed by atoms with Gasteiger partial charge < -0.3 is 5.73 Å². The molecule has 0 spiro atoms. The molecule has 2 nitrogen and oxygen atoms in total. The van der Waals surface area contributed by atoms with E-state index >= 15 is 0 Å². The van der Waals surface area contributed by atoms with Crippen LogP contribution in [0.4, 0.5) is 0 Å². The molecule has 3 aromatic carbocycles. The smallest absolute Gasteiger partial charge is 0.0745 e. The maximum absolute atomic E-state index is 5.73. The predicted octanol–water partition coefficient (Wildman–Crippen LogP) is 5.34. The van der Waals surface area contributed by atoms with Gasteiger partial charge in [0.25, 0.3) is 0 Å². The Morgan fingerprint density at radius 3 is 2.16 bits per heavy atom. The number of benzene rings is 3. The highest BCUT2D eigenvalue weighted by Gasteiger charge is 2.14. The summed E-state index contributed by atoms with van der Waals surface area (Å²) in [5.74, 6) is 0. The van der Waals surface area contributed by atoms with Crippen LogP contribution in [0.1, 0.15) is 11.1 Å². The summed E-state index contributed by atoms with van der Waals surface area (Å²) < 4.78 is 0. The summed E-state index contributed by atoms with van der Waals surface area (Å²) in [7, 11) is 0. The molecule has 0 atom stereocenters. The Bertz CT molecular complexity index is 1020. The van der Waals surface area contributed by atoms with Crippen LogP contribution in [0.25, 0.3) is 33.3 Å². The Morgan fingerprint density at radius 2 is 1.44 bits per heavy atom. The van der Waals surface area contributed by atoms with Gasteiger partial charge in [-0.05, 0) is 35.2 Å². The van der Waals surface area contributed by atoms with E-state index in [2.05, 4.69) is 79.7 Å². The third-order valence-corrected chi connectivity index (χ3v) is 4.66. The van der Waals surface area contributed by atoms with Crippen molar-refractivity contribution in [1.82, 2.24) is 4.98 Å². The fraction of sp³-hybridized carbons (Fsp3) is 0.0870. The summed E-state index contributed by atoms with van der Waals surface area (Å²) in [6.07, 6.45) is 0. The molecule has 0 bridgehead atoms. The average molecular weight is 324 g/mol. The second-order valence-corrected chi connectivity index (χ2v) is 6.24. The molecule has 0 aliphatic carbocycles. The van der Waals surface area contributed by atoms with Crippen molar-refractivity contribution in [2.24, 2.45) is 5.73 Å². The van der Waals surface area contributed by atoms with E-state index in [1.165, 1.54) is 22.1 Å². The molecule has 4 rings (SSSR count). The third kappa shape index (κ3) is 2.81. The number of para-hydroxylation sites is 1. The van der Waals surface area contributed by atoms with Gasteiger partial charge in [-0.15, -0.1) is 0 Å². The first-order valence-electron chi connectivity index (χ1n) is 8.52. The number of aromatic nitrogens is 1. The summed E-state index contributed by atoms with van der Waals surface area (Å²) in [5.41, 5.74) is 13.7. The number of hydrogen-bond acceptors (Lipinski definition) is 2. The van der Waals surface area contributed by atoms with Crippen LogP contribution in [-0.2, 0) is 6.54 Å². The first kappa shape index (κ1) is 15.6. The molecule has 0 fully saturated rings. The van der Waals surface area contributed by atoms with E-state index in [0.717, 1.165) is 22.3 Å². The number of pyridine rings is 1. The van der Waals surface area contributed by atoms with Crippen molar-refractivity contribution in [3.8, 4) is 22.4 Å². The van der Waals surface area contributed by atoms with Crippen LogP contribution in [0.15, 0.2) is 78.9 Å². The van der Waals surface area contributed by atoms with E-state index in [9.17, 15) is 0 Å². The Labute approximate surface area is 148 Å². The lowest BCUT2D eigenvalue weighted by Gasteiger charge is -2.15. The van der Waals surface area contributed by atoms with Crippen LogP contribution in [0.2, 0.25) is 0 Å².